The van der Waals surface area contributed by atoms with Crippen molar-refractivity contribution in [3.8, 4) is 0 Å². The lowest BCUT2D eigenvalue weighted by molar-refractivity contribution is -0.115. The molecule has 1 spiro atoms. The standard InChI is InChI=1S/C21H23BrFN5O2/c22-15-2-1-14-10-20(5-3-17(30)4-6-20)21(23,18(14)9-15)27-19(24)28(13-29)12-16-11-25-7-8-26-16/h1-2,7-9,11,13,17,30H,3-6,10,12H2,(H2,24,27)/t17?,20?,21-/m1/s1. The van der Waals surface area contributed by atoms with Crippen LogP contribution in [0.5, 0.6) is 0 Å². The fourth-order valence-electron chi connectivity index (χ4n) is 4.60. The Kier molecular flexibility index (Phi) is 5.59. The Morgan fingerprint density at radius 2 is 2.17 bits per heavy atom. The summed E-state index contributed by atoms with van der Waals surface area (Å²) < 4.78 is 17.6. The zero-order chi connectivity index (χ0) is 21.4. The number of benzene rings is 1. The first-order valence-corrected chi connectivity index (χ1v) is 10.6. The molecular formula is C21H23BrFN5O2. The molecule has 0 unspecified atom stereocenters. The maximum absolute atomic E-state index is 16.9. The van der Waals surface area contributed by atoms with E-state index < -0.39 is 17.3 Å². The molecule has 2 aromatic rings. The molecule has 2 aliphatic rings. The van der Waals surface area contributed by atoms with Crippen LogP contribution in [-0.4, -0.2) is 38.4 Å². The number of carbonyl (C=O) groups is 1. The Balaban J connectivity index is 1.74. The number of fused-ring (bicyclic) bond motifs is 1. The van der Waals surface area contributed by atoms with Crippen molar-refractivity contribution in [2.45, 2.75) is 50.5 Å². The molecule has 4 rings (SSSR count). The van der Waals surface area contributed by atoms with Gasteiger partial charge in [0.1, 0.15) is 0 Å². The number of guanidine groups is 1. The van der Waals surface area contributed by atoms with E-state index in [1.807, 2.05) is 12.1 Å². The van der Waals surface area contributed by atoms with E-state index in [1.165, 1.54) is 18.6 Å². The van der Waals surface area contributed by atoms with Crippen molar-refractivity contribution in [2.24, 2.45) is 16.1 Å². The average molecular weight is 476 g/mol. The number of hydrogen-bond acceptors (Lipinski definition) is 5. The second kappa shape index (κ2) is 8.03. The first kappa shape index (κ1) is 20.9. The molecule has 0 aliphatic heterocycles. The summed E-state index contributed by atoms with van der Waals surface area (Å²) in [6.45, 7) is 0.0415. The van der Waals surface area contributed by atoms with Gasteiger partial charge in [-0.2, -0.15) is 0 Å². The van der Waals surface area contributed by atoms with Crippen LogP contribution in [0, 0.1) is 5.41 Å². The van der Waals surface area contributed by atoms with Gasteiger partial charge in [0.15, 0.2) is 0 Å². The number of rotatable bonds is 4. The molecule has 1 heterocycles. The molecule has 30 heavy (non-hydrogen) atoms. The lowest BCUT2D eigenvalue weighted by atomic mass is 9.67. The summed E-state index contributed by atoms with van der Waals surface area (Å²) in [4.78, 5) is 25.3. The van der Waals surface area contributed by atoms with Crippen molar-refractivity contribution in [2.75, 3.05) is 0 Å². The third-order valence-electron chi connectivity index (χ3n) is 6.21. The summed E-state index contributed by atoms with van der Waals surface area (Å²) in [5.41, 5.74) is 7.19. The Hall–Kier alpha value is -2.39. The molecule has 1 saturated carbocycles. The average Bonchev–Trinajstić information content (AvgIpc) is 2.97. The van der Waals surface area contributed by atoms with Gasteiger partial charge >= 0.3 is 0 Å². The van der Waals surface area contributed by atoms with Crippen molar-refractivity contribution in [1.82, 2.24) is 14.9 Å². The number of nitrogens with two attached hydrogens (primary N) is 1. The van der Waals surface area contributed by atoms with Gasteiger partial charge in [-0.1, -0.05) is 22.0 Å². The van der Waals surface area contributed by atoms with Crippen LogP contribution in [0.3, 0.4) is 0 Å². The molecule has 1 aromatic carbocycles. The van der Waals surface area contributed by atoms with Gasteiger partial charge in [-0.15, -0.1) is 0 Å². The minimum atomic E-state index is -2.10. The van der Waals surface area contributed by atoms with Gasteiger partial charge in [0.25, 0.3) is 0 Å². The molecule has 1 fully saturated rings. The lowest BCUT2D eigenvalue weighted by Crippen LogP contribution is -2.45. The normalized spacial score (nSPS) is 28.4. The lowest BCUT2D eigenvalue weighted by Gasteiger charge is -2.42. The first-order valence-electron chi connectivity index (χ1n) is 9.85. The van der Waals surface area contributed by atoms with Gasteiger partial charge in [-0.05, 0) is 49.8 Å². The number of amides is 1. The van der Waals surface area contributed by atoms with Crippen LogP contribution in [0.25, 0.3) is 0 Å². The summed E-state index contributed by atoms with van der Waals surface area (Å²) in [5, 5.41) is 10.00. The molecule has 9 heteroatoms. The van der Waals surface area contributed by atoms with E-state index in [0.29, 0.717) is 49.8 Å². The van der Waals surface area contributed by atoms with Crippen LogP contribution in [0.1, 0.15) is 42.5 Å². The summed E-state index contributed by atoms with van der Waals surface area (Å²) in [6.07, 6.45) is 7.14. The number of aliphatic imine (C=N–C) groups is 1. The number of aromatic nitrogens is 2. The van der Waals surface area contributed by atoms with Gasteiger partial charge in [0.2, 0.25) is 18.2 Å². The van der Waals surface area contributed by atoms with E-state index in [0.717, 1.165) is 14.9 Å². The van der Waals surface area contributed by atoms with Crippen LogP contribution < -0.4 is 5.73 Å². The number of aliphatic hydroxyl groups excluding tert-OH is 1. The minimum Gasteiger partial charge on any atom is -0.393 e. The highest BCUT2D eigenvalue weighted by Gasteiger charge is 2.60. The molecule has 1 atom stereocenters. The fourth-order valence-corrected chi connectivity index (χ4v) is 4.96. The summed E-state index contributed by atoms with van der Waals surface area (Å²) in [7, 11) is 0. The second-order valence-electron chi connectivity index (χ2n) is 8.01. The molecule has 7 nitrogen and oxygen atoms in total. The summed E-state index contributed by atoms with van der Waals surface area (Å²) in [5.74, 6) is -2.31. The monoisotopic (exact) mass is 475 g/mol. The maximum atomic E-state index is 16.9. The summed E-state index contributed by atoms with van der Waals surface area (Å²) >= 11 is 3.42. The van der Waals surface area contributed by atoms with E-state index in [2.05, 4.69) is 30.9 Å². The SMILES string of the molecule is N/C(=N/[C@]1(F)c2cc(Br)ccc2CC12CCC(O)CC2)N(C=O)Cc1cnccn1. The molecule has 0 bridgehead atoms. The minimum absolute atomic E-state index is 0.0415. The van der Waals surface area contributed by atoms with Crippen LogP contribution >= 0.6 is 15.9 Å². The van der Waals surface area contributed by atoms with Crippen LogP contribution in [-0.2, 0) is 23.6 Å². The quantitative estimate of drug-likeness (QED) is 0.306. The van der Waals surface area contributed by atoms with Gasteiger partial charge in [0, 0.05) is 27.8 Å². The number of nitrogens with zero attached hydrogens (tertiary/aromatic N) is 4. The highest BCUT2D eigenvalue weighted by Crippen LogP contribution is 2.60. The van der Waals surface area contributed by atoms with Crippen LogP contribution in [0.15, 0.2) is 46.3 Å². The van der Waals surface area contributed by atoms with E-state index >= 15 is 4.39 Å². The van der Waals surface area contributed by atoms with Gasteiger partial charge < -0.3 is 10.8 Å². The Morgan fingerprint density at radius 3 is 2.83 bits per heavy atom. The Labute approximate surface area is 182 Å². The zero-order valence-corrected chi connectivity index (χ0v) is 17.9. The Morgan fingerprint density at radius 1 is 1.40 bits per heavy atom. The van der Waals surface area contributed by atoms with Crippen molar-refractivity contribution in [3.63, 3.8) is 0 Å². The predicted octanol–water partition coefficient (Wildman–Crippen LogP) is 2.81. The van der Waals surface area contributed by atoms with Crippen LogP contribution in [0.2, 0.25) is 0 Å². The van der Waals surface area contributed by atoms with E-state index in [-0.39, 0.29) is 12.5 Å². The van der Waals surface area contributed by atoms with Gasteiger partial charge in [0.05, 0.1) is 24.5 Å². The molecule has 1 amide bonds. The summed E-state index contributed by atoms with van der Waals surface area (Å²) in [6, 6.07) is 5.52. The molecule has 0 radical (unpaired) electrons. The van der Waals surface area contributed by atoms with Gasteiger partial charge in [-0.3, -0.25) is 19.7 Å². The molecule has 158 valence electrons. The molecule has 1 aromatic heterocycles. The highest BCUT2D eigenvalue weighted by atomic mass is 79.9. The second-order valence-corrected chi connectivity index (χ2v) is 8.93. The van der Waals surface area contributed by atoms with Crippen molar-refractivity contribution in [3.05, 3.63) is 58.1 Å². The van der Waals surface area contributed by atoms with Crippen LogP contribution in [0.4, 0.5) is 4.39 Å². The third kappa shape index (κ3) is 3.60. The Bertz CT molecular complexity index is 965. The number of aliphatic hydroxyl groups is 1. The molecule has 3 N–H and O–H groups in total. The van der Waals surface area contributed by atoms with Crippen molar-refractivity contribution < 1.29 is 14.3 Å². The molecular weight excluding hydrogens is 453 g/mol. The number of alkyl halides is 1. The van der Waals surface area contributed by atoms with E-state index in [4.69, 9.17) is 5.73 Å². The first-order chi connectivity index (χ1) is 14.4. The van der Waals surface area contributed by atoms with Gasteiger partial charge in [-0.25, -0.2) is 9.38 Å². The van der Waals surface area contributed by atoms with Crippen molar-refractivity contribution >= 4 is 28.3 Å². The largest absolute Gasteiger partial charge is 0.393 e. The zero-order valence-electron chi connectivity index (χ0n) is 16.3. The van der Waals surface area contributed by atoms with Crippen molar-refractivity contribution in [1.29, 1.82) is 0 Å². The predicted molar refractivity (Wildman–Crippen MR) is 113 cm³/mol. The van der Waals surface area contributed by atoms with E-state index in [9.17, 15) is 9.90 Å². The third-order valence-corrected chi connectivity index (χ3v) is 6.71. The van der Waals surface area contributed by atoms with E-state index in [1.54, 1.807) is 6.07 Å². The fraction of sp³-hybridized carbons (Fsp3) is 0.429. The smallest absolute Gasteiger partial charge is 0.235 e. The number of hydrogen-bond donors (Lipinski definition) is 2. The number of carbonyl (C=O) groups excluding carboxylic acids is 1. The number of halogens is 2. The topological polar surface area (TPSA) is 105 Å². The maximum Gasteiger partial charge on any atom is 0.235 e. The highest BCUT2D eigenvalue weighted by molar-refractivity contribution is 9.10. The molecule has 0 saturated heterocycles. The molecule has 2 aliphatic carbocycles.